The van der Waals surface area contributed by atoms with Crippen LogP contribution < -0.4 is 5.32 Å². The predicted octanol–water partition coefficient (Wildman–Crippen LogP) is 4.08. The van der Waals surface area contributed by atoms with Crippen molar-refractivity contribution < 1.29 is 22.7 Å². The molecular formula is C19H18F3N5O2S. The van der Waals surface area contributed by atoms with Crippen LogP contribution in [0.3, 0.4) is 0 Å². The summed E-state index contributed by atoms with van der Waals surface area (Å²) in [5.74, 6) is -0.0348. The number of amides is 1. The zero-order valence-electron chi connectivity index (χ0n) is 15.9. The van der Waals surface area contributed by atoms with Gasteiger partial charge in [-0.05, 0) is 25.1 Å². The van der Waals surface area contributed by atoms with Gasteiger partial charge in [0, 0.05) is 30.3 Å². The van der Waals surface area contributed by atoms with Gasteiger partial charge in [-0.2, -0.15) is 13.2 Å². The maximum Gasteiger partial charge on any atom is 0.417 e. The lowest BCUT2D eigenvalue weighted by Gasteiger charge is -2.11. The number of anilines is 1. The van der Waals surface area contributed by atoms with Crippen molar-refractivity contribution in [2.75, 3.05) is 17.7 Å². The van der Waals surface area contributed by atoms with Crippen molar-refractivity contribution >= 4 is 23.4 Å². The van der Waals surface area contributed by atoms with E-state index in [4.69, 9.17) is 4.74 Å². The molecule has 1 aromatic carbocycles. The second kappa shape index (κ2) is 9.72. The Morgan fingerprint density at radius 2 is 1.97 bits per heavy atom. The summed E-state index contributed by atoms with van der Waals surface area (Å²) in [6, 6.07) is 9.92. The molecule has 0 spiro atoms. The average molecular weight is 437 g/mol. The SMILES string of the molecule is CCOCn1c(SCC(=O)Nc2ccccc2)nnc1-c1cncc(C(F)(F)F)c1. The van der Waals surface area contributed by atoms with Crippen LogP contribution in [0.15, 0.2) is 53.9 Å². The van der Waals surface area contributed by atoms with E-state index in [0.29, 0.717) is 17.5 Å². The molecule has 0 aliphatic carbocycles. The number of carbonyl (C=O) groups is 1. The van der Waals surface area contributed by atoms with Gasteiger partial charge >= 0.3 is 6.18 Å². The smallest absolute Gasteiger partial charge is 0.361 e. The number of pyridine rings is 1. The van der Waals surface area contributed by atoms with Crippen molar-refractivity contribution in [3.05, 3.63) is 54.4 Å². The molecule has 0 radical (unpaired) electrons. The van der Waals surface area contributed by atoms with Crippen LogP contribution >= 0.6 is 11.8 Å². The number of nitrogens with zero attached hydrogens (tertiary/aromatic N) is 4. The van der Waals surface area contributed by atoms with Gasteiger partial charge in [0.25, 0.3) is 0 Å². The Bertz CT molecular complexity index is 995. The Morgan fingerprint density at radius 1 is 1.20 bits per heavy atom. The van der Waals surface area contributed by atoms with Crippen LogP contribution in [-0.4, -0.2) is 38.0 Å². The van der Waals surface area contributed by atoms with Crippen LogP contribution in [-0.2, 0) is 22.4 Å². The van der Waals surface area contributed by atoms with Crippen molar-refractivity contribution in [2.24, 2.45) is 0 Å². The van der Waals surface area contributed by atoms with Crippen LogP contribution in [0, 0.1) is 0 Å². The second-order valence-corrected chi connectivity index (χ2v) is 6.96. The molecule has 0 aliphatic heterocycles. The van der Waals surface area contributed by atoms with Crippen LogP contribution in [0.4, 0.5) is 18.9 Å². The van der Waals surface area contributed by atoms with Crippen LogP contribution in [0.25, 0.3) is 11.4 Å². The third-order valence-corrected chi connectivity index (χ3v) is 4.82. The molecule has 2 aromatic heterocycles. The van der Waals surface area contributed by atoms with Gasteiger partial charge < -0.3 is 10.1 Å². The van der Waals surface area contributed by atoms with Gasteiger partial charge in [-0.15, -0.1) is 10.2 Å². The first-order chi connectivity index (χ1) is 14.4. The number of thioether (sulfide) groups is 1. The number of rotatable bonds is 8. The highest BCUT2D eigenvalue weighted by Gasteiger charge is 2.31. The summed E-state index contributed by atoms with van der Waals surface area (Å²) >= 11 is 1.10. The van der Waals surface area contributed by atoms with E-state index in [1.54, 1.807) is 31.2 Å². The summed E-state index contributed by atoms with van der Waals surface area (Å²) < 4.78 is 46.0. The molecule has 0 bridgehead atoms. The summed E-state index contributed by atoms with van der Waals surface area (Å²) in [5, 5.41) is 11.1. The normalized spacial score (nSPS) is 11.5. The van der Waals surface area contributed by atoms with Crippen molar-refractivity contribution in [1.82, 2.24) is 19.7 Å². The Morgan fingerprint density at radius 3 is 2.67 bits per heavy atom. The zero-order chi connectivity index (χ0) is 21.6. The van der Waals surface area contributed by atoms with Crippen LogP contribution in [0.1, 0.15) is 12.5 Å². The molecule has 0 aliphatic rings. The minimum absolute atomic E-state index is 0.0255. The molecule has 0 saturated carbocycles. The molecule has 0 atom stereocenters. The van der Waals surface area contributed by atoms with E-state index in [2.05, 4.69) is 20.5 Å². The van der Waals surface area contributed by atoms with Gasteiger partial charge in [0.05, 0.1) is 11.3 Å². The average Bonchev–Trinajstić information content (AvgIpc) is 3.13. The number of nitrogens with one attached hydrogen (secondary N) is 1. The third-order valence-electron chi connectivity index (χ3n) is 3.86. The van der Waals surface area contributed by atoms with E-state index < -0.39 is 11.7 Å². The number of alkyl halides is 3. The maximum absolute atomic E-state index is 13.0. The summed E-state index contributed by atoms with van der Waals surface area (Å²) in [7, 11) is 0. The van der Waals surface area contributed by atoms with Crippen molar-refractivity contribution in [1.29, 1.82) is 0 Å². The molecule has 2 heterocycles. The monoisotopic (exact) mass is 437 g/mol. The Labute approximate surface area is 174 Å². The van der Waals surface area contributed by atoms with E-state index >= 15 is 0 Å². The lowest BCUT2D eigenvalue weighted by molar-refractivity contribution is -0.137. The molecule has 1 amide bonds. The topological polar surface area (TPSA) is 81.9 Å². The fraction of sp³-hybridized carbons (Fsp3) is 0.263. The lowest BCUT2D eigenvalue weighted by Crippen LogP contribution is -2.15. The van der Waals surface area contributed by atoms with E-state index in [1.807, 2.05) is 6.07 Å². The molecule has 11 heteroatoms. The lowest BCUT2D eigenvalue weighted by atomic mass is 10.2. The van der Waals surface area contributed by atoms with Gasteiger partial charge in [0.2, 0.25) is 5.91 Å². The summed E-state index contributed by atoms with van der Waals surface area (Å²) in [6.07, 6.45) is -2.50. The number of aromatic nitrogens is 4. The largest absolute Gasteiger partial charge is 0.417 e. The Kier molecular flexibility index (Phi) is 7.06. The number of carbonyl (C=O) groups excluding carboxylic acids is 1. The van der Waals surface area contributed by atoms with E-state index in [-0.39, 0.29) is 29.8 Å². The molecular weight excluding hydrogens is 419 g/mol. The third kappa shape index (κ3) is 5.57. The van der Waals surface area contributed by atoms with Gasteiger partial charge in [-0.1, -0.05) is 30.0 Å². The highest BCUT2D eigenvalue weighted by atomic mass is 32.2. The number of hydrogen-bond acceptors (Lipinski definition) is 6. The molecule has 0 unspecified atom stereocenters. The van der Waals surface area contributed by atoms with E-state index in [9.17, 15) is 18.0 Å². The number of para-hydroxylation sites is 1. The quantitative estimate of drug-likeness (QED) is 0.535. The number of halogens is 3. The fourth-order valence-electron chi connectivity index (χ4n) is 2.47. The molecule has 158 valence electrons. The zero-order valence-corrected chi connectivity index (χ0v) is 16.7. The highest BCUT2D eigenvalue weighted by Crippen LogP contribution is 2.32. The minimum atomic E-state index is -4.53. The second-order valence-electron chi connectivity index (χ2n) is 6.02. The van der Waals surface area contributed by atoms with Gasteiger partial charge in [0.1, 0.15) is 6.73 Å². The molecule has 0 fully saturated rings. The highest BCUT2D eigenvalue weighted by molar-refractivity contribution is 7.99. The van der Waals surface area contributed by atoms with Crippen LogP contribution in [0.5, 0.6) is 0 Å². The maximum atomic E-state index is 13.0. The van der Waals surface area contributed by atoms with Crippen molar-refractivity contribution in [3.8, 4) is 11.4 Å². The molecule has 3 aromatic rings. The number of benzene rings is 1. The van der Waals surface area contributed by atoms with Gasteiger partial charge in [0.15, 0.2) is 11.0 Å². The number of ether oxygens (including phenoxy) is 1. The Hall–Kier alpha value is -2.92. The van der Waals surface area contributed by atoms with Crippen LogP contribution in [0.2, 0.25) is 0 Å². The predicted molar refractivity (Wildman–Crippen MR) is 106 cm³/mol. The molecule has 1 N–H and O–H groups in total. The molecule has 3 rings (SSSR count). The summed E-state index contributed by atoms with van der Waals surface area (Å²) in [6.45, 7) is 2.20. The first-order valence-corrected chi connectivity index (χ1v) is 9.88. The molecule has 0 saturated heterocycles. The molecule has 7 nitrogen and oxygen atoms in total. The minimum Gasteiger partial charge on any atom is -0.361 e. The van der Waals surface area contributed by atoms with E-state index in [1.165, 1.54) is 10.8 Å². The molecule has 30 heavy (non-hydrogen) atoms. The Balaban J connectivity index is 1.79. The summed E-state index contributed by atoms with van der Waals surface area (Å²) in [5.41, 5.74) is -0.0744. The van der Waals surface area contributed by atoms with Gasteiger partial charge in [-0.3, -0.25) is 14.3 Å². The van der Waals surface area contributed by atoms with Gasteiger partial charge in [-0.25, -0.2) is 0 Å². The van der Waals surface area contributed by atoms with Crippen molar-refractivity contribution in [2.45, 2.75) is 25.0 Å². The first-order valence-electron chi connectivity index (χ1n) is 8.89. The number of hydrogen-bond donors (Lipinski definition) is 1. The first kappa shape index (κ1) is 21.8. The standard InChI is InChI=1S/C19H18F3N5O2S/c1-2-29-12-27-17(13-8-14(10-23-9-13)19(20,21)22)25-26-18(27)30-11-16(28)24-15-6-4-3-5-7-15/h3-10H,2,11-12H2,1H3,(H,24,28). The summed E-state index contributed by atoms with van der Waals surface area (Å²) in [4.78, 5) is 15.9. The fourth-order valence-corrected chi connectivity index (χ4v) is 3.20. The van der Waals surface area contributed by atoms with Crippen molar-refractivity contribution in [3.63, 3.8) is 0 Å². The van der Waals surface area contributed by atoms with E-state index in [0.717, 1.165) is 24.0 Å².